The van der Waals surface area contributed by atoms with Crippen molar-refractivity contribution < 1.29 is 130 Å². The summed E-state index contributed by atoms with van der Waals surface area (Å²) in [5.74, 6) is -10.7. The van der Waals surface area contributed by atoms with Crippen molar-refractivity contribution in [2.75, 3.05) is 40.2 Å². The van der Waals surface area contributed by atoms with E-state index in [1.165, 1.54) is 54.3 Å². The lowest BCUT2D eigenvalue weighted by Crippen LogP contribution is -2.20. The van der Waals surface area contributed by atoms with Crippen LogP contribution in [-0.4, -0.2) is 101 Å². The number of Topliss-reactive ketones (excluding diaryl/α,β-unsaturated/α-hetero) is 4. The number of rotatable bonds is 24. The zero-order valence-electron chi connectivity index (χ0n) is 92.8. The molecule has 8 heterocycles. The van der Waals surface area contributed by atoms with Gasteiger partial charge in [0.2, 0.25) is 23.5 Å². The molecule has 632 valence electrons. The summed E-state index contributed by atoms with van der Waals surface area (Å²) in [6.45, 7) is -10.4. The summed E-state index contributed by atoms with van der Waals surface area (Å²) in [5, 5.41) is 28.5. The fourth-order valence-corrected chi connectivity index (χ4v) is 20.1. The van der Waals surface area contributed by atoms with Gasteiger partial charge in [0, 0.05) is 81.5 Å². The van der Waals surface area contributed by atoms with Crippen molar-refractivity contribution in [1.82, 2.24) is 20.6 Å². The molecule has 0 aliphatic carbocycles. The lowest BCUT2D eigenvalue weighted by molar-refractivity contribution is 0.100. The first-order chi connectivity index (χ1) is 67.8. The van der Waals surface area contributed by atoms with E-state index in [1.807, 2.05) is 10.0 Å². The van der Waals surface area contributed by atoms with Crippen molar-refractivity contribution in [2.45, 2.75) is 157 Å². The number of aromatic nitrogens is 4. The van der Waals surface area contributed by atoms with Gasteiger partial charge in [0.25, 0.3) is 63.7 Å². The molecule has 0 spiro atoms. The number of carbonyl (C=O) groups excluding carboxylic acids is 8. The lowest BCUT2D eigenvalue weighted by atomic mass is 10.0. The molecule has 32 nitrogen and oxygen atoms in total. The van der Waals surface area contributed by atoms with E-state index in [9.17, 15) is 72.0 Å². The number of anilines is 8. The molecule has 4 amide bonds. The van der Waals surface area contributed by atoms with Gasteiger partial charge in [0.15, 0.2) is 23.1 Å². The number of sulfonamides is 4. The molecular formula is C80H84N12O20S8. The summed E-state index contributed by atoms with van der Waals surface area (Å²) in [4.78, 5) is 99.3. The highest BCUT2D eigenvalue weighted by atomic mass is 32.2. The number of ketones is 4. The molecule has 8 N–H and O–H groups in total. The second kappa shape index (κ2) is 37.2. The molecule has 0 saturated carbocycles. The van der Waals surface area contributed by atoms with E-state index in [0.29, 0.717) is 56.0 Å². The fraction of sp³-hybridized carbons (Fsp3) is 0.250. The van der Waals surface area contributed by atoms with Crippen molar-refractivity contribution in [2.24, 2.45) is 0 Å². The van der Waals surface area contributed by atoms with Crippen molar-refractivity contribution >= 4 is 178 Å². The molecule has 0 fully saturated rings. The van der Waals surface area contributed by atoms with Gasteiger partial charge >= 0.3 is 0 Å². The molecule has 12 rings (SSSR count). The molecule has 0 unspecified atom stereocenters. The Morgan fingerprint density at radius 2 is 0.617 bits per heavy atom. The third kappa shape index (κ3) is 21.0. The average Bonchev–Trinajstić information content (AvgIpc) is 1.54. The summed E-state index contributed by atoms with van der Waals surface area (Å²) in [6, 6.07) is 11.2. The van der Waals surface area contributed by atoms with Gasteiger partial charge in [-0.2, -0.15) is 0 Å². The number of nitrogens with zero attached hydrogens (tertiary/aromatic N) is 4. The summed E-state index contributed by atoms with van der Waals surface area (Å²) in [7, 11) is -18.1. The Balaban J connectivity index is 0.000000222. The highest BCUT2D eigenvalue weighted by molar-refractivity contribution is 7.94. The Kier molecular flexibility index (Phi) is 18.2. The van der Waals surface area contributed by atoms with Crippen LogP contribution >= 0.6 is 45.3 Å². The molecule has 8 aromatic heterocycles. The van der Waals surface area contributed by atoms with E-state index in [4.69, 9.17) is 57.8 Å². The number of aryl methyl sites for hydroxylation is 10. The first-order valence-electron chi connectivity index (χ1n) is 48.0. The van der Waals surface area contributed by atoms with Crippen LogP contribution in [0.4, 0.5) is 46.3 Å². The minimum Gasteiger partial charge on any atom is -0.337 e. The maximum absolute atomic E-state index is 13.4. The summed E-state index contributed by atoms with van der Waals surface area (Å²) in [6.07, 6.45) is 0. The van der Waals surface area contributed by atoms with E-state index in [1.54, 1.807) is 78.3 Å². The molecule has 0 saturated heterocycles. The van der Waals surface area contributed by atoms with Crippen LogP contribution in [0.2, 0.25) is 0 Å². The van der Waals surface area contributed by atoms with Gasteiger partial charge in [-0.1, -0.05) is 44.9 Å². The molecule has 12 aromatic rings. The number of thiophene rings is 4. The monoisotopic (exact) mass is 1820 g/mol. The first kappa shape index (κ1) is 58.9. The van der Waals surface area contributed by atoms with Crippen LogP contribution in [0.15, 0.2) is 132 Å². The maximum atomic E-state index is 13.4. The third-order valence-electron chi connectivity index (χ3n) is 16.5. The lowest BCUT2D eigenvalue weighted by Gasteiger charge is -2.14. The average molecular weight is 1820 g/mol. The van der Waals surface area contributed by atoms with E-state index >= 15 is 0 Å². The van der Waals surface area contributed by atoms with Gasteiger partial charge in [0.05, 0.1) is 48.3 Å². The van der Waals surface area contributed by atoms with E-state index < -0.39 is 243 Å². The number of benzene rings is 4. The Bertz CT molecular complexity index is 7830. The van der Waals surface area contributed by atoms with Crippen molar-refractivity contribution in [3.63, 3.8) is 0 Å². The summed E-state index contributed by atoms with van der Waals surface area (Å²) >= 11 is 2.93. The SMILES string of the molecule is [2H]C([2H])([2H])C(=O)c1cc(C)cc(C)c1NC(=O)c1sccc1S(=O)(=O)Nc1onc(C([2H])([2H])[2H])c1C.[2H]C([2H])([2H])C(=O)c1cc(C)cc(C)c1NC(=O)c1sccc1S(=O)(=O)Nc1onc(C)c1C.[2H]C([2H])([2H])C(=O)c1cc(C)cc(C)c1NC(=O)c1sccc1S(=O)(=O)Nc1onc(C)c1C([2H])([2H])[2H].[2H]c1c(C(C)=O)c(NC(=O)c2sccc2S(=O)(=O)Nc2onc(C([2H])([2H])[2H])c2C([2H])([2H])[2H])c(C([2H])([2H])[2H])c([2H])c1C([2H])([2H])[2H]. The Labute approximate surface area is 748 Å². The standard InChI is InChI=1S/4C20H21N3O5S2/c4*1-10-8-11(2)17(15(9-10)14(5)24)21-19(25)18-16(6-7-29-18)30(26,27)23-20-12(3)13(4)22-28-20/h4*6-9,23H,1-5H3,(H,21,25)/i1D3,2D3,3D3,4D3,8D,9D;4D3,5D3;3D3,5D3;5D3. The highest BCUT2D eigenvalue weighted by Gasteiger charge is 2.33. The van der Waals surface area contributed by atoms with Crippen molar-refractivity contribution in [3.8, 4) is 0 Å². The molecule has 0 aliphatic rings. The van der Waals surface area contributed by atoms with Gasteiger partial charge in [0.1, 0.15) is 39.1 Å². The molecule has 120 heavy (non-hydrogen) atoms. The highest BCUT2D eigenvalue weighted by Crippen LogP contribution is 2.36. The zero-order chi connectivity index (χ0) is 113. The van der Waals surface area contributed by atoms with E-state index in [-0.39, 0.29) is 70.4 Å². The molecule has 0 atom stereocenters. The second-order valence-electron chi connectivity index (χ2n) is 25.4. The molecule has 40 heteroatoms. The van der Waals surface area contributed by atoms with Crippen LogP contribution in [0.1, 0.15) is 237 Å². The number of nitrogens with one attached hydrogen (secondary N) is 8. The Morgan fingerprint density at radius 1 is 0.333 bits per heavy atom. The van der Waals surface area contributed by atoms with Gasteiger partial charge in [-0.3, -0.25) is 38.4 Å². The number of hydrogen-bond donors (Lipinski definition) is 8. The minimum atomic E-state index is -4.95. The molecular weight excluding hydrogens is 1710 g/mol. The molecule has 0 bridgehead atoms. The van der Waals surface area contributed by atoms with Crippen LogP contribution in [0.5, 0.6) is 0 Å². The Morgan fingerprint density at radius 3 is 0.892 bits per heavy atom. The van der Waals surface area contributed by atoms with Crippen LogP contribution in [0.25, 0.3) is 0 Å². The maximum Gasteiger partial charge on any atom is 0.267 e. The van der Waals surface area contributed by atoms with E-state index in [0.717, 1.165) is 64.5 Å². The van der Waals surface area contributed by atoms with Crippen molar-refractivity contribution in [1.29, 1.82) is 0 Å². The number of carbonyl (C=O) groups is 8. The van der Waals surface area contributed by atoms with Gasteiger partial charge < -0.3 is 39.4 Å². The topological polar surface area (TPSA) is 473 Å². The molecule has 0 aliphatic heterocycles. The van der Waals surface area contributed by atoms with Crippen LogP contribution in [0, 0.1) is 110 Å². The normalized spacial score (nSPS) is 15.9. The number of hydrogen-bond acceptors (Lipinski definition) is 28. The van der Waals surface area contributed by atoms with E-state index in [2.05, 4.69) is 46.0 Å². The molecule has 0 radical (unpaired) electrons. The van der Waals surface area contributed by atoms with Crippen LogP contribution in [-0.2, 0) is 40.1 Å². The van der Waals surface area contributed by atoms with Gasteiger partial charge in [-0.05, 0) is 252 Å². The van der Waals surface area contributed by atoms with Crippen LogP contribution in [0.3, 0.4) is 0 Å². The van der Waals surface area contributed by atoms with Gasteiger partial charge in [-0.25, -0.2) is 52.6 Å². The Hall–Kier alpha value is -11.9. The van der Waals surface area contributed by atoms with Crippen LogP contribution < -0.4 is 40.2 Å². The summed E-state index contributed by atoms with van der Waals surface area (Å²) < 4.78 is 353. The van der Waals surface area contributed by atoms with Crippen molar-refractivity contribution in [3.05, 3.63) is 226 Å². The summed E-state index contributed by atoms with van der Waals surface area (Å²) in [5.41, 5.74) is -3.53. The second-order valence-corrected chi connectivity index (χ2v) is 35.7. The predicted molar refractivity (Wildman–Crippen MR) is 460 cm³/mol. The molecule has 4 aromatic carbocycles. The smallest absolute Gasteiger partial charge is 0.267 e. The van der Waals surface area contributed by atoms with Gasteiger partial charge in [-0.15, -0.1) is 45.3 Å². The zero-order valence-corrected chi connectivity index (χ0v) is 70.3. The fourth-order valence-electron chi connectivity index (χ4n) is 10.7. The first-order valence-corrected chi connectivity index (χ1v) is 43.0. The third-order valence-corrected chi connectivity index (χ3v) is 26.2. The largest absolute Gasteiger partial charge is 0.337 e. The number of amides is 4. The minimum absolute atomic E-state index is 0.0122. The quantitative estimate of drug-likeness (QED) is 0.0260. The predicted octanol–water partition coefficient (Wildman–Crippen LogP) is 16.9.